The van der Waals surface area contributed by atoms with Gasteiger partial charge in [-0.25, -0.2) is 0 Å². The van der Waals surface area contributed by atoms with Crippen LogP contribution in [0.3, 0.4) is 0 Å². The average Bonchev–Trinajstić information content (AvgIpc) is 2.66. The van der Waals surface area contributed by atoms with Crippen LogP contribution in [0, 0.1) is 0 Å². The highest BCUT2D eigenvalue weighted by Crippen LogP contribution is 2.35. The van der Waals surface area contributed by atoms with Crippen LogP contribution in [0.2, 0.25) is 0 Å². The van der Waals surface area contributed by atoms with Crippen LogP contribution < -0.4 is 10.6 Å². The Kier molecular flexibility index (Phi) is 4.16. The molecule has 0 aromatic heterocycles. The highest BCUT2D eigenvalue weighted by atomic mass is 16.5. The minimum absolute atomic E-state index is 0.00470. The number of ether oxygens (including phenoxy) is 1. The highest BCUT2D eigenvalue weighted by molar-refractivity contribution is 6.02. The molecule has 0 bridgehead atoms. The fourth-order valence-electron chi connectivity index (χ4n) is 2.31. The van der Waals surface area contributed by atoms with Gasteiger partial charge in [-0.1, -0.05) is 12.1 Å². The van der Waals surface area contributed by atoms with Gasteiger partial charge in [0.15, 0.2) is 0 Å². The molecule has 0 saturated heterocycles. The fourth-order valence-corrected chi connectivity index (χ4v) is 2.31. The van der Waals surface area contributed by atoms with Gasteiger partial charge in [0, 0.05) is 26.3 Å². The quantitative estimate of drug-likeness (QED) is 0.842. The molecule has 102 valence electrons. The van der Waals surface area contributed by atoms with Gasteiger partial charge in [-0.05, 0) is 23.6 Å². The predicted molar refractivity (Wildman–Crippen MR) is 71.8 cm³/mol. The van der Waals surface area contributed by atoms with Crippen LogP contribution in [0.5, 0.6) is 0 Å². The van der Waals surface area contributed by atoms with E-state index in [-0.39, 0.29) is 17.7 Å². The summed E-state index contributed by atoms with van der Waals surface area (Å²) in [7, 11) is 1.64. The molecule has 2 N–H and O–H groups in total. The summed E-state index contributed by atoms with van der Waals surface area (Å²) < 4.78 is 5.10. The first-order chi connectivity index (χ1) is 9.11. The smallest absolute Gasteiger partial charge is 0.232 e. The monoisotopic (exact) mass is 262 g/mol. The van der Waals surface area contributed by atoms with Crippen molar-refractivity contribution in [2.45, 2.75) is 25.9 Å². The van der Waals surface area contributed by atoms with E-state index >= 15 is 0 Å². The van der Waals surface area contributed by atoms with Gasteiger partial charge in [0.05, 0.1) is 12.5 Å². The van der Waals surface area contributed by atoms with Crippen molar-refractivity contribution in [2.75, 3.05) is 19.0 Å². The molecule has 0 spiro atoms. The van der Waals surface area contributed by atoms with Crippen LogP contribution in [0.15, 0.2) is 18.2 Å². The van der Waals surface area contributed by atoms with Crippen LogP contribution in [0.1, 0.15) is 30.4 Å². The molecule has 1 heterocycles. The first-order valence-electron chi connectivity index (χ1n) is 6.29. The van der Waals surface area contributed by atoms with E-state index in [1.807, 2.05) is 18.2 Å². The van der Waals surface area contributed by atoms with E-state index in [0.29, 0.717) is 19.6 Å². The van der Waals surface area contributed by atoms with Gasteiger partial charge in [0.2, 0.25) is 11.8 Å². The summed E-state index contributed by atoms with van der Waals surface area (Å²) in [6.45, 7) is 2.50. The van der Waals surface area contributed by atoms with E-state index in [2.05, 4.69) is 10.6 Å². The number of nitrogens with one attached hydrogen (secondary N) is 2. The van der Waals surface area contributed by atoms with Crippen molar-refractivity contribution in [3.05, 3.63) is 29.3 Å². The summed E-state index contributed by atoms with van der Waals surface area (Å²) in [5.41, 5.74) is 2.89. The number of methoxy groups -OCH3 is 1. The van der Waals surface area contributed by atoms with Crippen LogP contribution >= 0.6 is 0 Å². The van der Waals surface area contributed by atoms with Gasteiger partial charge >= 0.3 is 0 Å². The van der Waals surface area contributed by atoms with Gasteiger partial charge in [-0.15, -0.1) is 0 Å². The van der Waals surface area contributed by atoms with Crippen LogP contribution in [-0.4, -0.2) is 25.5 Å². The van der Waals surface area contributed by atoms with Crippen molar-refractivity contribution >= 4 is 17.5 Å². The van der Waals surface area contributed by atoms with E-state index in [0.717, 1.165) is 16.8 Å². The topological polar surface area (TPSA) is 67.4 Å². The Morgan fingerprint density at radius 2 is 2.26 bits per heavy atom. The van der Waals surface area contributed by atoms with E-state index in [4.69, 9.17) is 4.74 Å². The molecule has 1 aromatic carbocycles. The van der Waals surface area contributed by atoms with Crippen LogP contribution in [0.4, 0.5) is 5.69 Å². The number of hydrogen-bond donors (Lipinski definition) is 2. The molecule has 5 nitrogen and oxygen atoms in total. The lowest BCUT2D eigenvalue weighted by atomic mass is 9.95. The summed E-state index contributed by atoms with van der Waals surface area (Å²) >= 11 is 0. The van der Waals surface area contributed by atoms with Gasteiger partial charge in [0.25, 0.3) is 0 Å². The zero-order chi connectivity index (χ0) is 13.8. The van der Waals surface area contributed by atoms with E-state index in [9.17, 15) is 9.59 Å². The van der Waals surface area contributed by atoms with Gasteiger partial charge in [0.1, 0.15) is 0 Å². The number of rotatable bonds is 5. The third kappa shape index (κ3) is 3.12. The second-order valence-electron chi connectivity index (χ2n) is 4.67. The lowest BCUT2D eigenvalue weighted by Crippen LogP contribution is -2.24. The molecule has 2 amide bonds. The van der Waals surface area contributed by atoms with Gasteiger partial charge < -0.3 is 15.4 Å². The second-order valence-corrected chi connectivity index (χ2v) is 4.67. The Bertz CT molecular complexity index is 499. The normalized spacial score (nSPS) is 16.9. The number of carbonyl (C=O) groups excluding carboxylic acids is 2. The van der Waals surface area contributed by atoms with Crippen molar-refractivity contribution in [3.8, 4) is 0 Å². The molecule has 1 unspecified atom stereocenters. The highest BCUT2D eigenvalue weighted by Gasteiger charge is 2.30. The van der Waals surface area contributed by atoms with E-state index in [1.165, 1.54) is 6.92 Å². The number of carbonyl (C=O) groups is 2. The third-order valence-electron chi connectivity index (χ3n) is 3.18. The Hall–Kier alpha value is -1.88. The largest absolute Gasteiger partial charge is 0.380 e. The predicted octanol–water partition coefficient (Wildman–Crippen LogP) is 1.39. The molecule has 0 saturated carbocycles. The Morgan fingerprint density at radius 1 is 1.47 bits per heavy atom. The number of hydrogen-bond acceptors (Lipinski definition) is 3. The van der Waals surface area contributed by atoms with Crippen LogP contribution in [-0.2, 0) is 20.9 Å². The summed E-state index contributed by atoms with van der Waals surface area (Å²) in [4.78, 5) is 22.8. The van der Waals surface area contributed by atoms with Crippen molar-refractivity contribution < 1.29 is 14.3 Å². The Morgan fingerprint density at radius 3 is 2.95 bits per heavy atom. The van der Waals surface area contributed by atoms with Crippen molar-refractivity contribution in [2.24, 2.45) is 0 Å². The van der Waals surface area contributed by atoms with E-state index < -0.39 is 0 Å². The lowest BCUT2D eigenvalue weighted by Gasteiger charge is -2.10. The van der Waals surface area contributed by atoms with Crippen molar-refractivity contribution in [1.82, 2.24) is 5.32 Å². The van der Waals surface area contributed by atoms with E-state index in [1.54, 1.807) is 7.11 Å². The maximum Gasteiger partial charge on any atom is 0.232 e. The SMILES string of the molecule is COCc1ccc2c(c1)C(CCNC(C)=O)C(=O)N2. The standard InChI is InChI=1S/C14H18N2O3/c1-9(17)15-6-5-11-12-7-10(8-19-2)3-4-13(12)16-14(11)18/h3-4,7,11H,5-6,8H2,1-2H3,(H,15,17)(H,16,18). The molecule has 0 radical (unpaired) electrons. The molecule has 0 aliphatic carbocycles. The Balaban J connectivity index is 2.11. The molecular formula is C14H18N2O3. The minimum Gasteiger partial charge on any atom is -0.380 e. The molecule has 5 heteroatoms. The second kappa shape index (κ2) is 5.84. The first-order valence-corrected chi connectivity index (χ1v) is 6.29. The summed E-state index contributed by atoms with van der Waals surface area (Å²) in [6.07, 6.45) is 0.606. The average molecular weight is 262 g/mol. The van der Waals surface area contributed by atoms with Crippen LogP contribution in [0.25, 0.3) is 0 Å². The molecule has 0 fully saturated rings. The van der Waals surface area contributed by atoms with Crippen molar-refractivity contribution in [1.29, 1.82) is 0 Å². The molecule has 1 aliphatic rings. The summed E-state index contributed by atoms with van der Waals surface area (Å²) in [6, 6.07) is 5.84. The number of amides is 2. The zero-order valence-corrected chi connectivity index (χ0v) is 11.2. The third-order valence-corrected chi connectivity index (χ3v) is 3.18. The molecular weight excluding hydrogens is 244 g/mol. The molecule has 1 aliphatic heterocycles. The zero-order valence-electron chi connectivity index (χ0n) is 11.2. The van der Waals surface area contributed by atoms with Gasteiger partial charge in [-0.2, -0.15) is 0 Å². The number of benzene rings is 1. The number of anilines is 1. The summed E-state index contributed by atoms with van der Waals surface area (Å²) in [5.74, 6) is -0.277. The lowest BCUT2D eigenvalue weighted by molar-refractivity contribution is -0.120. The Labute approximate surface area is 112 Å². The molecule has 19 heavy (non-hydrogen) atoms. The minimum atomic E-state index is -0.196. The maximum atomic E-state index is 11.9. The first kappa shape index (κ1) is 13.5. The molecule has 1 atom stereocenters. The summed E-state index contributed by atoms with van der Waals surface area (Å²) in [5, 5.41) is 5.58. The number of fused-ring (bicyclic) bond motifs is 1. The molecule has 2 rings (SSSR count). The van der Waals surface area contributed by atoms with Gasteiger partial charge in [-0.3, -0.25) is 9.59 Å². The maximum absolute atomic E-state index is 11.9. The van der Waals surface area contributed by atoms with Crippen molar-refractivity contribution in [3.63, 3.8) is 0 Å². The fraction of sp³-hybridized carbons (Fsp3) is 0.429. The molecule has 1 aromatic rings.